The van der Waals surface area contributed by atoms with Crippen molar-refractivity contribution in [1.29, 1.82) is 0 Å². The topological polar surface area (TPSA) is 21.3 Å². The molecule has 0 radical (unpaired) electrons. The largest absolute Gasteiger partial charge is 0.377 e. The number of hydrogen-bond acceptors (Lipinski definition) is 2. The quantitative estimate of drug-likeness (QED) is 0.752. The predicted molar refractivity (Wildman–Crippen MR) is 69.7 cm³/mol. The van der Waals surface area contributed by atoms with Crippen molar-refractivity contribution in [3.8, 4) is 0 Å². The third-order valence-electron chi connectivity index (χ3n) is 4.07. The summed E-state index contributed by atoms with van der Waals surface area (Å²) in [5, 5.41) is 3.47. The highest BCUT2D eigenvalue weighted by Gasteiger charge is 2.25. The molecular formula is C14H29NO. The maximum Gasteiger partial charge on any atom is 0.0623 e. The van der Waals surface area contributed by atoms with Gasteiger partial charge in [-0.25, -0.2) is 0 Å². The van der Waals surface area contributed by atoms with Gasteiger partial charge in [0.2, 0.25) is 0 Å². The monoisotopic (exact) mass is 227 g/mol. The molecule has 0 spiro atoms. The molecule has 0 aromatic rings. The van der Waals surface area contributed by atoms with Crippen LogP contribution in [0, 0.1) is 11.8 Å². The van der Waals surface area contributed by atoms with E-state index in [2.05, 4.69) is 33.0 Å². The first-order valence-electron chi connectivity index (χ1n) is 7.02. The second-order valence-electron chi connectivity index (χ2n) is 5.39. The van der Waals surface area contributed by atoms with Crippen LogP contribution in [-0.2, 0) is 4.74 Å². The average Bonchev–Trinajstić information content (AvgIpc) is 2.28. The summed E-state index contributed by atoms with van der Waals surface area (Å²) in [6.45, 7) is 11.0. The van der Waals surface area contributed by atoms with Crippen molar-refractivity contribution >= 4 is 0 Å². The predicted octanol–water partition coefficient (Wildman–Crippen LogP) is 3.22. The lowest BCUT2D eigenvalue weighted by molar-refractivity contribution is -0.00747. The molecule has 0 aromatic carbocycles. The normalized spacial score (nSPS) is 32.6. The fourth-order valence-corrected chi connectivity index (χ4v) is 2.51. The molecule has 16 heavy (non-hydrogen) atoms. The Balaban J connectivity index is 2.21. The molecule has 96 valence electrons. The van der Waals surface area contributed by atoms with Gasteiger partial charge in [-0.2, -0.15) is 0 Å². The number of hydrogen-bond donors (Lipinski definition) is 1. The van der Waals surface area contributed by atoms with Gasteiger partial charge in [0.1, 0.15) is 0 Å². The van der Waals surface area contributed by atoms with Crippen LogP contribution in [0.2, 0.25) is 0 Å². The van der Waals surface area contributed by atoms with E-state index in [0.717, 1.165) is 31.4 Å². The summed E-state index contributed by atoms with van der Waals surface area (Å²) in [6, 6.07) is 0.541. The lowest BCUT2D eigenvalue weighted by Gasteiger charge is -2.32. The molecular weight excluding hydrogens is 198 g/mol. The molecule has 0 amide bonds. The second kappa shape index (κ2) is 7.29. The zero-order valence-corrected chi connectivity index (χ0v) is 11.5. The SMILES string of the molecule is CCNC(CC)COC1CCC(C)C(C)C1. The fourth-order valence-electron chi connectivity index (χ4n) is 2.51. The average molecular weight is 227 g/mol. The summed E-state index contributed by atoms with van der Waals surface area (Å²) in [7, 11) is 0. The molecule has 2 heteroatoms. The number of likely N-dealkylation sites (N-methyl/N-ethyl adjacent to an activating group) is 1. The van der Waals surface area contributed by atoms with Crippen LogP contribution in [0.4, 0.5) is 0 Å². The molecule has 4 atom stereocenters. The van der Waals surface area contributed by atoms with E-state index < -0.39 is 0 Å². The molecule has 0 bridgehead atoms. The van der Waals surface area contributed by atoms with Crippen molar-refractivity contribution in [3.05, 3.63) is 0 Å². The van der Waals surface area contributed by atoms with Gasteiger partial charge in [0.25, 0.3) is 0 Å². The first-order chi connectivity index (χ1) is 7.67. The Labute approximate surface area is 101 Å². The van der Waals surface area contributed by atoms with Crippen LogP contribution < -0.4 is 5.32 Å². The van der Waals surface area contributed by atoms with Crippen molar-refractivity contribution in [1.82, 2.24) is 5.32 Å². The van der Waals surface area contributed by atoms with Crippen LogP contribution in [0.3, 0.4) is 0 Å². The van der Waals surface area contributed by atoms with E-state index in [0.29, 0.717) is 12.1 Å². The fraction of sp³-hybridized carbons (Fsp3) is 1.00. The van der Waals surface area contributed by atoms with Gasteiger partial charge >= 0.3 is 0 Å². The molecule has 1 aliphatic carbocycles. The van der Waals surface area contributed by atoms with E-state index in [1.807, 2.05) is 0 Å². The van der Waals surface area contributed by atoms with Crippen LogP contribution in [0.15, 0.2) is 0 Å². The first kappa shape index (κ1) is 14.0. The van der Waals surface area contributed by atoms with Gasteiger partial charge in [-0.3, -0.25) is 0 Å². The minimum absolute atomic E-state index is 0.513. The highest BCUT2D eigenvalue weighted by Crippen LogP contribution is 2.30. The van der Waals surface area contributed by atoms with Crippen molar-refractivity contribution < 1.29 is 4.74 Å². The lowest BCUT2D eigenvalue weighted by atomic mass is 9.80. The standard InChI is InChI=1S/C14H29NO/c1-5-13(15-6-2)10-16-14-8-7-11(3)12(4)9-14/h11-15H,5-10H2,1-4H3. The van der Waals surface area contributed by atoms with E-state index >= 15 is 0 Å². The molecule has 0 heterocycles. The smallest absolute Gasteiger partial charge is 0.0623 e. The summed E-state index contributed by atoms with van der Waals surface area (Å²) >= 11 is 0. The number of ether oxygens (including phenoxy) is 1. The van der Waals surface area contributed by atoms with E-state index in [-0.39, 0.29) is 0 Å². The van der Waals surface area contributed by atoms with Gasteiger partial charge in [-0.15, -0.1) is 0 Å². The van der Waals surface area contributed by atoms with Gasteiger partial charge in [0, 0.05) is 6.04 Å². The third kappa shape index (κ3) is 4.42. The molecule has 1 aliphatic rings. The minimum Gasteiger partial charge on any atom is -0.377 e. The van der Waals surface area contributed by atoms with Crippen LogP contribution in [0.1, 0.15) is 53.4 Å². The molecule has 2 nitrogen and oxygen atoms in total. The van der Waals surface area contributed by atoms with Crippen molar-refractivity contribution in [3.63, 3.8) is 0 Å². The molecule has 0 saturated heterocycles. The molecule has 1 N–H and O–H groups in total. The van der Waals surface area contributed by atoms with Crippen LogP contribution in [-0.4, -0.2) is 25.3 Å². The van der Waals surface area contributed by atoms with E-state index in [9.17, 15) is 0 Å². The minimum atomic E-state index is 0.513. The second-order valence-corrected chi connectivity index (χ2v) is 5.39. The molecule has 1 fully saturated rings. The Morgan fingerprint density at radius 3 is 2.50 bits per heavy atom. The summed E-state index contributed by atoms with van der Waals surface area (Å²) in [5.41, 5.74) is 0. The molecule has 0 aliphatic heterocycles. The highest BCUT2D eigenvalue weighted by atomic mass is 16.5. The first-order valence-corrected chi connectivity index (χ1v) is 7.02. The Bertz CT molecular complexity index is 184. The molecule has 1 rings (SSSR count). The van der Waals surface area contributed by atoms with Crippen LogP contribution in [0.25, 0.3) is 0 Å². The van der Waals surface area contributed by atoms with Crippen molar-refractivity contribution in [2.24, 2.45) is 11.8 Å². The Morgan fingerprint density at radius 2 is 1.94 bits per heavy atom. The molecule has 4 unspecified atom stereocenters. The highest BCUT2D eigenvalue weighted by molar-refractivity contribution is 4.76. The van der Waals surface area contributed by atoms with E-state index in [1.165, 1.54) is 19.3 Å². The van der Waals surface area contributed by atoms with Crippen LogP contribution >= 0.6 is 0 Å². The van der Waals surface area contributed by atoms with Gasteiger partial charge in [0.15, 0.2) is 0 Å². The summed E-state index contributed by atoms with van der Waals surface area (Å²) in [6.07, 6.45) is 5.52. The van der Waals surface area contributed by atoms with Gasteiger partial charge in [0.05, 0.1) is 12.7 Å². The van der Waals surface area contributed by atoms with Gasteiger partial charge < -0.3 is 10.1 Å². The molecule has 0 aromatic heterocycles. The maximum absolute atomic E-state index is 6.04. The van der Waals surface area contributed by atoms with Crippen LogP contribution in [0.5, 0.6) is 0 Å². The van der Waals surface area contributed by atoms with E-state index in [1.54, 1.807) is 0 Å². The van der Waals surface area contributed by atoms with E-state index in [4.69, 9.17) is 4.74 Å². The summed E-state index contributed by atoms with van der Waals surface area (Å²) in [5.74, 6) is 1.72. The Morgan fingerprint density at radius 1 is 1.19 bits per heavy atom. The van der Waals surface area contributed by atoms with Crippen molar-refractivity contribution in [2.45, 2.75) is 65.5 Å². The molecule has 1 saturated carbocycles. The number of rotatable bonds is 6. The Hall–Kier alpha value is -0.0800. The maximum atomic E-state index is 6.04. The zero-order chi connectivity index (χ0) is 12.0. The zero-order valence-electron chi connectivity index (χ0n) is 11.5. The summed E-state index contributed by atoms with van der Waals surface area (Å²) in [4.78, 5) is 0. The summed E-state index contributed by atoms with van der Waals surface area (Å²) < 4.78 is 6.04. The van der Waals surface area contributed by atoms with Crippen molar-refractivity contribution in [2.75, 3.05) is 13.2 Å². The Kier molecular flexibility index (Phi) is 6.37. The lowest BCUT2D eigenvalue weighted by Crippen LogP contribution is -2.36. The van der Waals surface area contributed by atoms with Gasteiger partial charge in [-0.05, 0) is 44.1 Å². The number of nitrogens with one attached hydrogen (secondary N) is 1. The third-order valence-corrected chi connectivity index (χ3v) is 4.07. The van der Waals surface area contributed by atoms with Gasteiger partial charge in [-0.1, -0.05) is 27.7 Å².